The van der Waals surface area contributed by atoms with Gasteiger partial charge in [0, 0.05) is 11.3 Å². The fourth-order valence-electron chi connectivity index (χ4n) is 1.69. The summed E-state index contributed by atoms with van der Waals surface area (Å²) in [7, 11) is 0. The second-order valence-corrected chi connectivity index (χ2v) is 6.13. The summed E-state index contributed by atoms with van der Waals surface area (Å²) in [6, 6.07) is 3.92. The molecule has 0 aliphatic rings. The van der Waals surface area contributed by atoms with Gasteiger partial charge < -0.3 is 11.1 Å². The van der Waals surface area contributed by atoms with Gasteiger partial charge in [0.15, 0.2) is 0 Å². The molecule has 3 nitrogen and oxygen atoms in total. The first-order valence-electron chi connectivity index (χ1n) is 6.11. The van der Waals surface area contributed by atoms with Crippen molar-refractivity contribution in [2.24, 2.45) is 11.7 Å². The Morgan fingerprint density at radius 2 is 2.28 bits per heavy atom. The topological polar surface area (TPSA) is 55.1 Å². The van der Waals surface area contributed by atoms with Crippen LogP contribution in [-0.2, 0) is 11.2 Å². The van der Waals surface area contributed by atoms with Crippen molar-refractivity contribution in [1.82, 2.24) is 5.32 Å². The second kappa shape index (κ2) is 7.48. The molecule has 1 aromatic rings. The Kier molecular flexibility index (Phi) is 6.29. The van der Waals surface area contributed by atoms with Crippen LogP contribution in [0.2, 0.25) is 0 Å². The molecule has 0 bridgehead atoms. The van der Waals surface area contributed by atoms with E-state index in [2.05, 4.69) is 16.8 Å². The Labute approximate surface area is 118 Å². The van der Waals surface area contributed by atoms with Crippen LogP contribution in [0, 0.1) is 5.92 Å². The van der Waals surface area contributed by atoms with Crippen LogP contribution in [0.5, 0.6) is 0 Å². The SMILES string of the molecule is CC(C)C(NC(=O)CCCc1cccs1)C(N)=S. The predicted molar refractivity (Wildman–Crippen MR) is 80.8 cm³/mol. The summed E-state index contributed by atoms with van der Waals surface area (Å²) in [5.41, 5.74) is 5.61. The smallest absolute Gasteiger partial charge is 0.220 e. The summed E-state index contributed by atoms with van der Waals surface area (Å²) >= 11 is 6.68. The molecule has 3 N–H and O–H groups in total. The van der Waals surface area contributed by atoms with Crippen LogP contribution >= 0.6 is 23.6 Å². The summed E-state index contributed by atoms with van der Waals surface area (Å²) in [6.07, 6.45) is 2.32. The van der Waals surface area contributed by atoms with Gasteiger partial charge in [-0.25, -0.2) is 0 Å². The van der Waals surface area contributed by atoms with Gasteiger partial charge in [-0.2, -0.15) is 0 Å². The van der Waals surface area contributed by atoms with E-state index in [4.69, 9.17) is 18.0 Å². The van der Waals surface area contributed by atoms with E-state index in [1.165, 1.54) is 4.88 Å². The fraction of sp³-hybridized carbons (Fsp3) is 0.538. The fourth-order valence-corrected chi connectivity index (χ4v) is 2.77. The summed E-state index contributed by atoms with van der Waals surface area (Å²) in [5, 5.41) is 4.95. The monoisotopic (exact) mass is 284 g/mol. The zero-order chi connectivity index (χ0) is 13.5. The maximum Gasteiger partial charge on any atom is 0.220 e. The summed E-state index contributed by atoms with van der Waals surface area (Å²) < 4.78 is 0. The molecule has 0 aromatic carbocycles. The van der Waals surface area contributed by atoms with Gasteiger partial charge in [0.25, 0.3) is 0 Å². The van der Waals surface area contributed by atoms with Crippen molar-refractivity contribution in [3.05, 3.63) is 22.4 Å². The first-order chi connectivity index (χ1) is 8.50. The summed E-state index contributed by atoms with van der Waals surface area (Å²) in [5.74, 6) is 0.252. The number of thiophene rings is 1. The van der Waals surface area contributed by atoms with Crippen molar-refractivity contribution >= 4 is 34.5 Å². The molecule has 1 amide bonds. The van der Waals surface area contributed by atoms with Gasteiger partial charge in [-0.05, 0) is 30.2 Å². The highest BCUT2D eigenvalue weighted by Gasteiger charge is 2.18. The number of carbonyl (C=O) groups is 1. The Morgan fingerprint density at radius 3 is 2.78 bits per heavy atom. The third-order valence-corrected chi connectivity index (χ3v) is 3.89. The van der Waals surface area contributed by atoms with E-state index < -0.39 is 0 Å². The highest BCUT2D eigenvalue weighted by Crippen LogP contribution is 2.12. The third-order valence-electron chi connectivity index (χ3n) is 2.70. The quantitative estimate of drug-likeness (QED) is 0.756. The number of thiocarbonyl (C=S) groups is 1. The third kappa shape index (κ3) is 5.14. The number of hydrogen-bond acceptors (Lipinski definition) is 3. The molecule has 1 unspecified atom stereocenters. The number of hydrogen-bond donors (Lipinski definition) is 2. The lowest BCUT2D eigenvalue weighted by atomic mass is 10.0. The van der Waals surface area contributed by atoms with Gasteiger partial charge in [-0.3, -0.25) is 4.79 Å². The predicted octanol–water partition coefficient (Wildman–Crippen LogP) is 2.50. The molecule has 0 radical (unpaired) electrons. The average molecular weight is 284 g/mol. The molecule has 1 atom stereocenters. The van der Waals surface area contributed by atoms with Gasteiger partial charge in [-0.1, -0.05) is 32.1 Å². The highest BCUT2D eigenvalue weighted by atomic mass is 32.1. The minimum atomic E-state index is -0.200. The van der Waals surface area contributed by atoms with Gasteiger partial charge in [0.05, 0.1) is 11.0 Å². The Balaban J connectivity index is 2.30. The maximum atomic E-state index is 11.8. The highest BCUT2D eigenvalue weighted by molar-refractivity contribution is 7.80. The maximum absolute atomic E-state index is 11.8. The lowest BCUT2D eigenvalue weighted by Crippen LogP contribution is -2.46. The zero-order valence-electron chi connectivity index (χ0n) is 10.8. The van der Waals surface area contributed by atoms with E-state index in [9.17, 15) is 4.79 Å². The van der Waals surface area contributed by atoms with E-state index in [1.54, 1.807) is 11.3 Å². The summed E-state index contributed by atoms with van der Waals surface area (Å²) in [4.78, 5) is 13.4. The number of aryl methyl sites for hydroxylation is 1. The van der Waals surface area contributed by atoms with E-state index in [-0.39, 0.29) is 17.9 Å². The molecule has 1 aromatic heterocycles. The number of nitrogens with one attached hydrogen (secondary N) is 1. The van der Waals surface area contributed by atoms with Gasteiger partial charge in [0.1, 0.15) is 0 Å². The minimum absolute atomic E-state index is 0.0260. The van der Waals surface area contributed by atoms with Crippen LogP contribution in [0.25, 0.3) is 0 Å². The molecule has 1 rings (SSSR count). The average Bonchev–Trinajstić information content (AvgIpc) is 2.78. The molecule has 1 heterocycles. The largest absolute Gasteiger partial charge is 0.392 e. The molecule has 5 heteroatoms. The molecule has 0 saturated carbocycles. The van der Waals surface area contributed by atoms with E-state index in [0.29, 0.717) is 11.4 Å². The van der Waals surface area contributed by atoms with Crippen LogP contribution < -0.4 is 11.1 Å². The Morgan fingerprint density at radius 1 is 1.56 bits per heavy atom. The van der Waals surface area contributed by atoms with Crippen molar-refractivity contribution in [3.8, 4) is 0 Å². The summed E-state index contributed by atoms with van der Waals surface area (Å²) in [6.45, 7) is 3.99. The van der Waals surface area contributed by atoms with Crippen LogP contribution in [0.4, 0.5) is 0 Å². The van der Waals surface area contributed by atoms with Gasteiger partial charge >= 0.3 is 0 Å². The normalized spacial score (nSPS) is 12.4. The Hall–Kier alpha value is -0.940. The lowest BCUT2D eigenvalue weighted by molar-refractivity contribution is -0.121. The molecule has 0 saturated heterocycles. The first kappa shape index (κ1) is 15.1. The van der Waals surface area contributed by atoms with Crippen molar-refractivity contribution in [3.63, 3.8) is 0 Å². The van der Waals surface area contributed by atoms with Gasteiger partial charge in [-0.15, -0.1) is 11.3 Å². The molecular weight excluding hydrogens is 264 g/mol. The molecule has 0 aliphatic heterocycles. The minimum Gasteiger partial charge on any atom is -0.392 e. The van der Waals surface area contributed by atoms with Gasteiger partial charge in [0.2, 0.25) is 5.91 Å². The van der Waals surface area contributed by atoms with E-state index >= 15 is 0 Å². The van der Waals surface area contributed by atoms with Crippen molar-refractivity contribution in [2.75, 3.05) is 0 Å². The second-order valence-electron chi connectivity index (χ2n) is 4.62. The van der Waals surface area contributed by atoms with Crippen molar-refractivity contribution in [2.45, 2.75) is 39.2 Å². The molecule has 0 fully saturated rings. The Bertz CT molecular complexity index is 388. The zero-order valence-corrected chi connectivity index (χ0v) is 12.4. The van der Waals surface area contributed by atoms with Crippen LogP contribution in [0.15, 0.2) is 17.5 Å². The lowest BCUT2D eigenvalue weighted by Gasteiger charge is -2.20. The van der Waals surface area contributed by atoms with E-state index in [0.717, 1.165) is 12.8 Å². The first-order valence-corrected chi connectivity index (χ1v) is 7.40. The van der Waals surface area contributed by atoms with Crippen LogP contribution in [-0.4, -0.2) is 16.9 Å². The number of rotatable bonds is 7. The van der Waals surface area contributed by atoms with Crippen LogP contribution in [0.1, 0.15) is 31.6 Å². The number of nitrogens with two attached hydrogens (primary N) is 1. The number of carbonyl (C=O) groups excluding carboxylic acids is 1. The molecule has 18 heavy (non-hydrogen) atoms. The van der Waals surface area contributed by atoms with Crippen LogP contribution in [0.3, 0.4) is 0 Å². The molecule has 0 spiro atoms. The molecular formula is C13H20N2OS2. The molecule has 100 valence electrons. The number of amides is 1. The molecule has 0 aliphatic carbocycles. The van der Waals surface area contributed by atoms with Crippen molar-refractivity contribution < 1.29 is 4.79 Å². The standard InChI is InChI=1S/C13H20N2OS2/c1-9(2)12(13(14)17)15-11(16)7-3-5-10-6-4-8-18-10/h4,6,8-9,12H,3,5,7H2,1-2H3,(H2,14,17)(H,15,16). The van der Waals surface area contributed by atoms with E-state index in [1.807, 2.05) is 19.9 Å². The van der Waals surface area contributed by atoms with Crippen molar-refractivity contribution in [1.29, 1.82) is 0 Å².